The fourth-order valence-electron chi connectivity index (χ4n) is 1.37. The third-order valence-corrected chi connectivity index (χ3v) is 3.02. The second-order valence-electron chi connectivity index (χ2n) is 3.46. The normalized spacial score (nSPS) is 10.0. The van der Waals surface area contributed by atoms with Crippen LogP contribution in [0.2, 0.25) is 0 Å². The van der Waals surface area contributed by atoms with E-state index in [0.717, 1.165) is 4.90 Å². The first kappa shape index (κ1) is 13.8. The lowest BCUT2D eigenvalue weighted by atomic mass is 10.1. The van der Waals surface area contributed by atoms with Crippen molar-refractivity contribution in [3.8, 4) is 0 Å². The molecule has 0 saturated carbocycles. The van der Waals surface area contributed by atoms with Crippen LogP contribution in [0.4, 0.5) is 0 Å². The van der Waals surface area contributed by atoms with Gasteiger partial charge in [-0.1, -0.05) is 12.1 Å². The van der Waals surface area contributed by atoms with Gasteiger partial charge >= 0.3 is 5.97 Å². The van der Waals surface area contributed by atoms with Crippen LogP contribution in [0, 0.1) is 0 Å². The van der Waals surface area contributed by atoms with E-state index < -0.39 is 0 Å². The summed E-state index contributed by atoms with van der Waals surface area (Å²) in [6.45, 7) is 2.11. The number of hydrogen-bond donors (Lipinski definition) is 0. The van der Waals surface area contributed by atoms with E-state index in [-0.39, 0.29) is 24.6 Å². The van der Waals surface area contributed by atoms with Crippen LogP contribution in [-0.4, -0.2) is 24.6 Å². The van der Waals surface area contributed by atoms with Gasteiger partial charge in [-0.2, -0.15) is 0 Å². The molecule has 0 aromatic heterocycles. The molecule has 1 aromatic carbocycles. The number of thioether (sulfide) groups is 1. The number of rotatable bonds is 6. The third-order valence-electron chi connectivity index (χ3n) is 2.27. The summed E-state index contributed by atoms with van der Waals surface area (Å²) >= 11 is 1.63. The number of ether oxygens (including phenoxy) is 1. The maximum Gasteiger partial charge on any atom is 0.306 e. The molecule has 0 spiro atoms. The Morgan fingerprint density at radius 1 is 1.18 bits per heavy atom. The van der Waals surface area contributed by atoms with Crippen molar-refractivity contribution in [1.82, 2.24) is 0 Å². The maximum absolute atomic E-state index is 11.7. The van der Waals surface area contributed by atoms with E-state index in [2.05, 4.69) is 0 Å². The van der Waals surface area contributed by atoms with E-state index in [0.29, 0.717) is 12.2 Å². The van der Waals surface area contributed by atoms with Crippen LogP contribution in [0.15, 0.2) is 29.2 Å². The zero-order valence-electron chi connectivity index (χ0n) is 10.1. The van der Waals surface area contributed by atoms with Gasteiger partial charge in [-0.3, -0.25) is 9.59 Å². The summed E-state index contributed by atoms with van der Waals surface area (Å²) in [5.41, 5.74) is 0.645. The van der Waals surface area contributed by atoms with E-state index in [1.807, 2.05) is 18.4 Å². The molecule has 0 bridgehead atoms. The predicted octanol–water partition coefficient (Wildman–Crippen LogP) is 2.93. The average molecular weight is 252 g/mol. The zero-order chi connectivity index (χ0) is 12.7. The highest BCUT2D eigenvalue weighted by Gasteiger charge is 2.09. The van der Waals surface area contributed by atoms with Crippen molar-refractivity contribution >= 4 is 23.5 Å². The average Bonchev–Trinajstić information content (AvgIpc) is 2.36. The zero-order valence-corrected chi connectivity index (χ0v) is 10.9. The van der Waals surface area contributed by atoms with Gasteiger partial charge in [-0.25, -0.2) is 0 Å². The Morgan fingerprint density at radius 3 is 2.35 bits per heavy atom. The second-order valence-corrected chi connectivity index (χ2v) is 4.34. The molecule has 1 aromatic rings. The molecule has 0 heterocycles. The minimum absolute atomic E-state index is 0.0225. The van der Waals surface area contributed by atoms with Gasteiger partial charge in [-0.05, 0) is 25.3 Å². The van der Waals surface area contributed by atoms with Crippen LogP contribution in [-0.2, 0) is 9.53 Å². The Morgan fingerprint density at radius 2 is 1.82 bits per heavy atom. The molecule has 92 valence electrons. The molecule has 4 heteroatoms. The van der Waals surface area contributed by atoms with Crippen molar-refractivity contribution < 1.29 is 14.3 Å². The van der Waals surface area contributed by atoms with E-state index in [9.17, 15) is 9.59 Å². The van der Waals surface area contributed by atoms with Crippen LogP contribution < -0.4 is 0 Å². The van der Waals surface area contributed by atoms with E-state index in [1.54, 1.807) is 30.8 Å². The Balaban J connectivity index is 2.49. The van der Waals surface area contributed by atoms with E-state index in [4.69, 9.17) is 4.74 Å². The fourth-order valence-corrected chi connectivity index (χ4v) is 1.78. The monoisotopic (exact) mass is 252 g/mol. The fraction of sp³-hybridized carbons (Fsp3) is 0.385. The van der Waals surface area contributed by atoms with Crippen molar-refractivity contribution in [2.45, 2.75) is 24.7 Å². The van der Waals surface area contributed by atoms with Crippen molar-refractivity contribution in [3.05, 3.63) is 29.8 Å². The highest BCUT2D eigenvalue weighted by molar-refractivity contribution is 7.98. The molecule has 1 rings (SSSR count). The first-order chi connectivity index (χ1) is 8.17. The molecule has 0 amide bonds. The van der Waals surface area contributed by atoms with Crippen LogP contribution >= 0.6 is 11.8 Å². The van der Waals surface area contributed by atoms with E-state index >= 15 is 0 Å². The highest BCUT2D eigenvalue weighted by Crippen LogP contribution is 2.16. The Labute approximate surface area is 106 Å². The Bertz CT molecular complexity index is 384. The summed E-state index contributed by atoms with van der Waals surface area (Å²) in [6, 6.07) is 7.39. The lowest BCUT2D eigenvalue weighted by Gasteiger charge is -2.02. The summed E-state index contributed by atoms with van der Waals surface area (Å²) in [5.74, 6) is -0.340. The number of esters is 1. The van der Waals surface area contributed by atoms with Gasteiger partial charge in [0.2, 0.25) is 0 Å². The largest absolute Gasteiger partial charge is 0.466 e. The third kappa shape index (κ3) is 4.61. The molecule has 17 heavy (non-hydrogen) atoms. The summed E-state index contributed by atoms with van der Waals surface area (Å²) in [5, 5.41) is 0. The van der Waals surface area contributed by atoms with Crippen molar-refractivity contribution in [1.29, 1.82) is 0 Å². The molecule has 0 aliphatic heterocycles. The van der Waals surface area contributed by atoms with Crippen LogP contribution in [0.1, 0.15) is 30.1 Å². The van der Waals surface area contributed by atoms with Gasteiger partial charge in [0.05, 0.1) is 13.0 Å². The molecule has 0 radical (unpaired) electrons. The number of carbonyl (C=O) groups excluding carboxylic acids is 2. The second kappa shape index (κ2) is 7.12. The molecule has 0 N–H and O–H groups in total. The highest BCUT2D eigenvalue weighted by atomic mass is 32.2. The summed E-state index contributed by atoms with van der Waals surface area (Å²) in [6.07, 6.45) is 2.34. The van der Waals surface area contributed by atoms with Crippen molar-refractivity contribution in [3.63, 3.8) is 0 Å². The van der Waals surface area contributed by atoms with Gasteiger partial charge in [0.25, 0.3) is 0 Å². The minimum Gasteiger partial charge on any atom is -0.466 e. The van der Waals surface area contributed by atoms with Gasteiger partial charge in [0.1, 0.15) is 0 Å². The van der Waals surface area contributed by atoms with Crippen LogP contribution in [0.25, 0.3) is 0 Å². The first-order valence-electron chi connectivity index (χ1n) is 5.50. The molecule has 0 unspecified atom stereocenters. The van der Waals surface area contributed by atoms with Crippen LogP contribution in [0.5, 0.6) is 0 Å². The number of carbonyl (C=O) groups is 2. The molecule has 0 atom stereocenters. The quantitative estimate of drug-likeness (QED) is 0.443. The van der Waals surface area contributed by atoms with Crippen molar-refractivity contribution in [2.75, 3.05) is 12.9 Å². The summed E-state index contributed by atoms with van der Waals surface area (Å²) < 4.78 is 4.77. The molecule has 0 saturated heterocycles. The lowest BCUT2D eigenvalue weighted by Crippen LogP contribution is -2.07. The maximum atomic E-state index is 11.7. The Hall–Kier alpha value is -1.29. The Kier molecular flexibility index (Phi) is 5.77. The van der Waals surface area contributed by atoms with Gasteiger partial charge in [-0.15, -0.1) is 11.8 Å². The number of benzene rings is 1. The van der Waals surface area contributed by atoms with E-state index in [1.165, 1.54) is 0 Å². The van der Waals surface area contributed by atoms with Gasteiger partial charge < -0.3 is 4.74 Å². The number of ketones is 1. The SMILES string of the molecule is CCOC(=O)CCC(=O)c1ccc(SC)cc1. The van der Waals surface area contributed by atoms with Gasteiger partial charge in [0.15, 0.2) is 5.78 Å². The van der Waals surface area contributed by atoms with Gasteiger partial charge in [0, 0.05) is 16.9 Å². The smallest absolute Gasteiger partial charge is 0.306 e. The molecule has 0 fully saturated rings. The first-order valence-corrected chi connectivity index (χ1v) is 6.72. The summed E-state index contributed by atoms with van der Waals surface area (Å²) in [4.78, 5) is 24.0. The molecule has 0 aliphatic rings. The molecule has 0 aliphatic carbocycles. The standard InChI is InChI=1S/C13H16O3S/c1-3-16-13(15)9-8-12(14)10-4-6-11(17-2)7-5-10/h4-7H,3,8-9H2,1-2H3. The molecule has 3 nitrogen and oxygen atoms in total. The van der Waals surface area contributed by atoms with Crippen LogP contribution in [0.3, 0.4) is 0 Å². The topological polar surface area (TPSA) is 43.4 Å². The molecular formula is C13H16O3S. The molecular weight excluding hydrogens is 236 g/mol. The minimum atomic E-state index is -0.318. The summed E-state index contributed by atoms with van der Waals surface area (Å²) in [7, 11) is 0. The number of hydrogen-bond acceptors (Lipinski definition) is 4. The van der Waals surface area contributed by atoms with Crippen molar-refractivity contribution in [2.24, 2.45) is 0 Å². The number of Topliss-reactive ketones (excluding diaryl/α,β-unsaturated/α-hetero) is 1. The predicted molar refractivity (Wildman–Crippen MR) is 68.4 cm³/mol. The lowest BCUT2D eigenvalue weighted by molar-refractivity contribution is -0.143.